The van der Waals surface area contributed by atoms with Crippen LogP contribution in [0.25, 0.3) is 0 Å². The van der Waals surface area contributed by atoms with E-state index >= 15 is 0 Å². The molecule has 0 aliphatic carbocycles. The van der Waals surface area contributed by atoms with Crippen LogP contribution in [-0.4, -0.2) is 16.8 Å². The van der Waals surface area contributed by atoms with E-state index in [9.17, 15) is 9.59 Å². The Balaban J connectivity index is 1.63. The fraction of sp³-hybridized carbons (Fsp3) is 0. The number of pyridine rings is 1. The number of carbonyl (C=O) groups excluding carboxylic acids is 2. The van der Waals surface area contributed by atoms with Crippen LogP contribution >= 0.6 is 11.3 Å². The SMILES string of the molecule is N#Cc1csc(C(=O)Nc2ccc(NC(=O)c3ccccc3)nc2)c1. The van der Waals surface area contributed by atoms with Crippen molar-refractivity contribution in [1.29, 1.82) is 5.26 Å². The molecule has 0 spiro atoms. The molecule has 2 heterocycles. The number of benzene rings is 1. The van der Waals surface area contributed by atoms with E-state index in [-0.39, 0.29) is 11.8 Å². The number of anilines is 2. The third-order valence-electron chi connectivity index (χ3n) is 3.25. The Kier molecular flexibility index (Phi) is 4.83. The average Bonchev–Trinajstić information content (AvgIpc) is 3.13. The highest BCUT2D eigenvalue weighted by atomic mass is 32.1. The van der Waals surface area contributed by atoms with Crippen LogP contribution in [0.3, 0.4) is 0 Å². The molecule has 2 aromatic heterocycles. The molecule has 3 aromatic rings. The highest BCUT2D eigenvalue weighted by molar-refractivity contribution is 7.12. The van der Waals surface area contributed by atoms with E-state index < -0.39 is 0 Å². The van der Waals surface area contributed by atoms with Gasteiger partial charge in [-0.15, -0.1) is 11.3 Å². The Morgan fingerprint density at radius 3 is 2.48 bits per heavy atom. The van der Waals surface area contributed by atoms with Crippen LogP contribution in [0, 0.1) is 11.3 Å². The fourth-order valence-corrected chi connectivity index (χ4v) is 2.75. The molecule has 0 aliphatic heterocycles. The normalized spacial score (nSPS) is 9.88. The predicted molar refractivity (Wildman–Crippen MR) is 95.6 cm³/mol. The second-order valence-electron chi connectivity index (χ2n) is 5.02. The number of hydrogen-bond donors (Lipinski definition) is 2. The largest absolute Gasteiger partial charge is 0.320 e. The van der Waals surface area contributed by atoms with E-state index in [0.717, 1.165) is 0 Å². The molecule has 25 heavy (non-hydrogen) atoms. The molecule has 3 rings (SSSR count). The van der Waals surface area contributed by atoms with Gasteiger partial charge in [-0.1, -0.05) is 18.2 Å². The summed E-state index contributed by atoms with van der Waals surface area (Å²) in [7, 11) is 0. The maximum Gasteiger partial charge on any atom is 0.265 e. The molecule has 7 heteroatoms. The topological polar surface area (TPSA) is 94.9 Å². The molecule has 1 aromatic carbocycles. The van der Waals surface area contributed by atoms with E-state index in [1.54, 1.807) is 41.8 Å². The molecule has 0 bridgehead atoms. The van der Waals surface area contributed by atoms with Gasteiger partial charge in [-0.2, -0.15) is 5.26 Å². The lowest BCUT2D eigenvalue weighted by Crippen LogP contribution is -2.13. The Morgan fingerprint density at radius 1 is 1.04 bits per heavy atom. The van der Waals surface area contributed by atoms with E-state index in [1.165, 1.54) is 23.6 Å². The second-order valence-corrected chi connectivity index (χ2v) is 5.93. The summed E-state index contributed by atoms with van der Waals surface area (Å²) in [5, 5.41) is 15.8. The molecule has 2 N–H and O–H groups in total. The van der Waals surface area contributed by atoms with Gasteiger partial charge in [0.1, 0.15) is 11.9 Å². The van der Waals surface area contributed by atoms with Crippen molar-refractivity contribution in [2.24, 2.45) is 0 Å². The van der Waals surface area contributed by atoms with Crippen LogP contribution in [0.1, 0.15) is 25.6 Å². The molecule has 0 saturated heterocycles. The molecule has 0 aliphatic rings. The highest BCUT2D eigenvalue weighted by Crippen LogP contribution is 2.17. The Morgan fingerprint density at radius 2 is 1.84 bits per heavy atom. The van der Waals surface area contributed by atoms with E-state index in [2.05, 4.69) is 15.6 Å². The van der Waals surface area contributed by atoms with Gasteiger partial charge in [0, 0.05) is 10.9 Å². The van der Waals surface area contributed by atoms with Crippen LogP contribution < -0.4 is 10.6 Å². The van der Waals surface area contributed by atoms with Crippen molar-refractivity contribution >= 4 is 34.7 Å². The molecule has 122 valence electrons. The van der Waals surface area contributed by atoms with Crippen LogP contribution in [0.4, 0.5) is 11.5 Å². The number of amides is 2. The van der Waals surface area contributed by atoms with Gasteiger partial charge in [0.15, 0.2) is 0 Å². The summed E-state index contributed by atoms with van der Waals surface area (Å²) in [5.74, 6) is -0.184. The van der Waals surface area contributed by atoms with Crippen molar-refractivity contribution < 1.29 is 9.59 Å². The van der Waals surface area contributed by atoms with Crippen molar-refractivity contribution in [1.82, 2.24) is 4.98 Å². The monoisotopic (exact) mass is 348 g/mol. The first-order valence-corrected chi connectivity index (χ1v) is 8.16. The maximum absolute atomic E-state index is 12.1. The zero-order valence-electron chi connectivity index (χ0n) is 12.9. The van der Waals surface area contributed by atoms with Gasteiger partial charge in [-0.3, -0.25) is 9.59 Å². The zero-order valence-corrected chi connectivity index (χ0v) is 13.7. The number of aromatic nitrogens is 1. The maximum atomic E-state index is 12.1. The Bertz CT molecular complexity index is 943. The average molecular weight is 348 g/mol. The van der Waals surface area contributed by atoms with Gasteiger partial charge in [0.25, 0.3) is 11.8 Å². The molecular formula is C18H12N4O2S. The Hall–Kier alpha value is -3.50. The van der Waals surface area contributed by atoms with Gasteiger partial charge in [0.05, 0.1) is 22.3 Å². The van der Waals surface area contributed by atoms with Gasteiger partial charge < -0.3 is 10.6 Å². The first-order chi connectivity index (χ1) is 12.2. The number of hydrogen-bond acceptors (Lipinski definition) is 5. The lowest BCUT2D eigenvalue weighted by molar-refractivity contribution is 0.101. The van der Waals surface area contributed by atoms with Gasteiger partial charge in [-0.25, -0.2) is 4.98 Å². The molecule has 2 amide bonds. The molecule has 0 fully saturated rings. The van der Waals surface area contributed by atoms with Gasteiger partial charge >= 0.3 is 0 Å². The minimum atomic E-state index is -0.311. The third-order valence-corrected chi connectivity index (χ3v) is 4.18. The predicted octanol–water partition coefficient (Wildman–Crippen LogP) is 3.52. The number of carbonyl (C=O) groups is 2. The number of nitrogens with one attached hydrogen (secondary N) is 2. The van der Waals surface area contributed by atoms with E-state index in [4.69, 9.17) is 5.26 Å². The lowest BCUT2D eigenvalue weighted by atomic mass is 10.2. The number of rotatable bonds is 4. The quantitative estimate of drug-likeness (QED) is 0.754. The first kappa shape index (κ1) is 16.4. The summed E-state index contributed by atoms with van der Waals surface area (Å²) in [6, 6.07) is 15.6. The standard InChI is InChI=1S/C18H12N4O2S/c19-9-12-8-15(25-11-12)18(24)21-14-6-7-16(20-10-14)22-17(23)13-4-2-1-3-5-13/h1-8,10-11H,(H,21,24)(H,20,22,23). The summed E-state index contributed by atoms with van der Waals surface area (Å²) >= 11 is 1.20. The van der Waals surface area contributed by atoms with E-state index in [1.807, 2.05) is 12.1 Å². The number of nitrogens with zero attached hydrogens (tertiary/aromatic N) is 2. The first-order valence-electron chi connectivity index (χ1n) is 7.28. The summed E-state index contributed by atoms with van der Waals surface area (Å²) in [4.78, 5) is 28.7. The minimum absolute atomic E-state index is 0.257. The van der Waals surface area contributed by atoms with Crippen molar-refractivity contribution in [3.63, 3.8) is 0 Å². The third kappa shape index (κ3) is 4.07. The van der Waals surface area contributed by atoms with Crippen LogP contribution in [0.15, 0.2) is 60.1 Å². The summed E-state index contributed by atoms with van der Waals surface area (Å²) < 4.78 is 0. The summed E-state index contributed by atoms with van der Waals surface area (Å²) in [6.45, 7) is 0. The number of thiophene rings is 1. The molecular weight excluding hydrogens is 336 g/mol. The van der Waals surface area contributed by atoms with Crippen LogP contribution in [0.2, 0.25) is 0 Å². The van der Waals surface area contributed by atoms with Crippen molar-refractivity contribution in [3.05, 3.63) is 76.1 Å². The lowest BCUT2D eigenvalue weighted by Gasteiger charge is -2.06. The minimum Gasteiger partial charge on any atom is -0.320 e. The molecule has 0 unspecified atom stereocenters. The molecule has 0 radical (unpaired) electrons. The summed E-state index contributed by atoms with van der Waals surface area (Å²) in [5.41, 5.74) is 1.48. The molecule has 0 atom stereocenters. The molecule has 6 nitrogen and oxygen atoms in total. The summed E-state index contributed by atoms with van der Waals surface area (Å²) in [6.07, 6.45) is 1.46. The van der Waals surface area contributed by atoms with Crippen LogP contribution in [0.5, 0.6) is 0 Å². The fourth-order valence-electron chi connectivity index (χ4n) is 2.03. The van der Waals surface area contributed by atoms with Crippen LogP contribution in [-0.2, 0) is 0 Å². The Labute approximate surface area is 147 Å². The highest BCUT2D eigenvalue weighted by Gasteiger charge is 2.10. The van der Waals surface area contributed by atoms with Gasteiger partial charge in [0.2, 0.25) is 0 Å². The van der Waals surface area contributed by atoms with Crippen molar-refractivity contribution in [3.8, 4) is 6.07 Å². The van der Waals surface area contributed by atoms with Gasteiger partial charge in [-0.05, 0) is 30.3 Å². The molecule has 0 saturated carbocycles. The smallest absolute Gasteiger partial charge is 0.265 e. The second kappa shape index (κ2) is 7.38. The van der Waals surface area contributed by atoms with Crippen molar-refractivity contribution in [2.45, 2.75) is 0 Å². The van der Waals surface area contributed by atoms with Crippen molar-refractivity contribution in [2.75, 3.05) is 10.6 Å². The zero-order chi connectivity index (χ0) is 17.6. The number of nitriles is 1. The van der Waals surface area contributed by atoms with E-state index in [0.29, 0.717) is 27.5 Å².